The van der Waals surface area contributed by atoms with Gasteiger partial charge in [0.2, 0.25) is 5.91 Å². The highest BCUT2D eigenvalue weighted by atomic mass is 32.2. The van der Waals surface area contributed by atoms with Crippen LogP contribution < -0.4 is 5.32 Å². The molecule has 8 heteroatoms. The molecule has 17 heavy (non-hydrogen) atoms. The van der Waals surface area contributed by atoms with Crippen molar-refractivity contribution in [2.75, 3.05) is 30.1 Å². The highest BCUT2D eigenvalue weighted by Crippen LogP contribution is 2.00. The van der Waals surface area contributed by atoms with E-state index < -0.39 is 15.8 Å². The number of thioether (sulfide) groups is 1. The minimum Gasteiger partial charge on any atom is -0.481 e. The molecule has 0 unspecified atom stereocenters. The maximum Gasteiger partial charge on any atom is 0.303 e. The van der Waals surface area contributed by atoms with Crippen LogP contribution >= 0.6 is 11.8 Å². The third kappa shape index (κ3) is 13.2. The van der Waals surface area contributed by atoms with Crippen molar-refractivity contribution in [2.24, 2.45) is 0 Å². The van der Waals surface area contributed by atoms with Gasteiger partial charge < -0.3 is 10.4 Å². The molecular weight excluding hydrogens is 266 g/mol. The Kier molecular flexibility index (Phi) is 7.98. The molecule has 6 nitrogen and oxygen atoms in total. The van der Waals surface area contributed by atoms with Gasteiger partial charge in [0.15, 0.2) is 0 Å². The molecule has 0 atom stereocenters. The van der Waals surface area contributed by atoms with Crippen LogP contribution in [0.25, 0.3) is 0 Å². The summed E-state index contributed by atoms with van der Waals surface area (Å²) in [4.78, 5) is 21.2. The molecule has 0 aromatic rings. The summed E-state index contributed by atoms with van der Waals surface area (Å²) >= 11 is 1.44. The lowest BCUT2D eigenvalue weighted by Gasteiger charge is -2.03. The Morgan fingerprint density at radius 1 is 1.24 bits per heavy atom. The molecule has 1 amide bonds. The van der Waals surface area contributed by atoms with Crippen LogP contribution in [0.1, 0.15) is 12.8 Å². The van der Waals surface area contributed by atoms with Crippen LogP contribution in [0.15, 0.2) is 0 Å². The van der Waals surface area contributed by atoms with Gasteiger partial charge in [-0.3, -0.25) is 9.59 Å². The van der Waals surface area contributed by atoms with Gasteiger partial charge in [0, 0.05) is 30.7 Å². The van der Waals surface area contributed by atoms with Crippen molar-refractivity contribution in [2.45, 2.75) is 12.8 Å². The number of hydrogen-bond donors (Lipinski definition) is 2. The van der Waals surface area contributed by atoms with Gasteiger partial charge in [0.1, 0.15) is 9.84 Å². The molecular formula is C9H17NO5S2. The van der Waals surface area contributed by atoms with E-state index in [1.807, 2.05) is 0 Å². The van der Waals surface area contributed by atoms with Crippen LogP contribution in [0, 0.1) is 0 Å². The lowest BCUT2D eigenvalue weighted by molar-refractivity contribution is -0.138. The maximum atomic E-state index is 11.1. The average molecular weight is 283 g/mol. The Balaban J connectivity index is 3.40. The normalized spacial score (nSPS) is 11.1. The summed E-state index contributed by atoms with van der Waals surface area (Å²) in [7, 11) is -2.92. The van der Waals surface area contributed by atoms with Crippen molar-refractivity contribution in [3.63, 3.8) is 0 Å². The van der Waals surface area contributed by atoms with Crippen molar-refractivity contribution in [3.05, 3.63) is 0 Å². The standard InChI is InChI=1S/C9H17NO5S2/c1-17(14,15)7-6-16-5-4-10-8(11)2-3-9(12)13/h2-7H2,1H3,(H,10,11)(H,12,13). The molecule has 2 N–H and O–H groups in total. The number of carbonyl (C=O) groups excluding carboxylic acids is 1. The summed E-state index contributed by atoms with van der Waals surface area (Å²) < 4.78 is 21.6. The Hall–Kier alpha value is -0.760. The van der Waals surface area contributed by atoms with E-state index in [4.69, 9.17) is 5.11 Å². The Bertz CT molecular complexity index is 352. The van der Waals surface area contributed by atoms with Crippen molar-refractivity contribution in [3.8, 4) is 0 Å². The van der Waals surface area contributed by atoms with E-state index in [-0.39, 0.29) is 24.5 Å². The molecule has 0 saturated carbocycles. The first-order valence-electron chi connectivity index (χ1n) is 5.05. The first kappa shape index (κ1) is 16.2. The second-order valence-electron chi connectivity index (χ2n) is 3.49. The third-order valence-corrected chi connectivity index (χ3v) is 3.92. The molecule has 0 radical (unpaired) electrons. The van der Waals surface area contributed by atoms with Crippen LogP contribution in [-0.4, -0.2) is 55.5 Å². The molecule has 0 aliphatic rings. The fourth-order valence-electron chi connectivity index (χ4n) is 0.884. The van der Waals surface area contributed by atoms with Gasteiger partial charge >= 0.3 is 5.97 Å². The lowest BCUT2D eigenvalue weighted by Crippen LogP contribution is -2.26. The van der Waals surface area contributed by atoms with Crippen molar-refractivity contribution < 1.29 is 23.1 Å². The average Bonchev–Trinajstić information content (AvgIpc) is 2.18. The van der Waals surface area contributed by atoms with E-state index in [0.717, 1.165) is 0 Å². The minimum absolute atomic E-state index is 0.0245. The molecule has 0 aromatic carbocycles. The quantitative estimate of drug-likeness (QED) is 0.566. The Morgan fingerprint density at radius 2 is 1.88 bits per heavy atom. The molecule has 0 saturated heterocycles. The van der Waals surface area contributed by atoms with Crippen LogP contribution in [0.5, 0.6) is 0 Å². The highest BCUT2D eigenvalue weighted by Gasteiger charge is 2.05. The van der Waals surface area contributed by atoms with E-state index in [9.17, 15) is 18.0 Å². The van der Waals surface area contributed by atoms with Gasteiger partial charge in [-0.15, -0.1) is 0 Å². The Morgan fingerprint density at radius 3 is 2.41 bits per heavy atom. The van der Waals surface area contributed by atoms with E-state index in [1.165, 1.54) is 18.0 Å². The molecule has 0 aliphatic heterocycles. The van der Waals surface area contributed by atoms with Gasteiger partial charge in [-0.2, -0.15) is 11.8 Å². The largest absolute Gasteiger partial charge is 0.481 e. The number of sulfone groups is 1. The summed E-state index contributed by atoms with van der Waals surface area (Å²) in [5.74, 6) is -0.0400. The van der Waals surface area contributed by atoms with E-state index >= 15 is 0 Å². The van der Waals surface area contributed by atoms with Gasteiger partial charge in [-0.05, 0) is 0 Å². The number of hydrogen-bond acceptors (Lipinski definition) is 5. The zero-order chi connectivity index (χ0) is 13.3. The lowest BCUT2D eigenvalue weighted by atomic mass is 10.3. The first-order valence-corrected chi connectivity index (χ1v) is 8.27. The first-order chi connectivity index (χ1) is 7.81. The summed E-state index contributed by atoms with van der Waals surface area (Å²) in [5, 5.41) is 10.9. The maximum absolute atomic E-state index is 11.1. The van der Waals surface area contributed by atoms with Crippen LogP contribution in [0.4, 0.5) is 0 Å². The van der Waals surface area contributed by atoms with Crippen molar-refractivity contribution in [1.29, 1.82) is 0 Å². The van der Waals surface area contributed by atoms with Gasteiger partial charge in [0.05, 0.1) is 12.2 Å². The Labute approximate surface area is 105 Å². The molecule has 0 fully saturated rings. The summed E-state index contributed by atoms with van der Waals surface area (Å²) in [6, 6.07) is 0. The van der Waals surface area contributed by atoms with Crippen LogP contribution in [-0.2, 0) is 19.4 Å². The molecule has 0 heterocycles. The summed E-state index contributed by atoms with van der Waals surface area (Å²) in [6.07, 6.45) is 0.984. The fraction of sp³-hybridized carbons (Fsp3) is 0.778. The van der Waals surface area contributed by atoms with E-state index in [2.05, 4.69) is 5.32 Å². The molecule has 0 bridgehead atoms. The number of carbonyl (C=O) groups is 2. The molecule has 0 spiro atoms. The van der Waals surface area contributed by atoms with Crippen LogP contribution in [0.3, 0.4) is 0 Å². The molecule has 0 aliphatic carbocycles. The summed E-state index contributed by atoms with van der Waals surface area (Å²) in [6.45, 7) is 0.423. The van der Waals surface area contributed by atoms with Gasteiger partial charge in [-0.1, -0.05) is 0 Å². The van der Waals surface area contributed by atoms with Crippen LogP contribution in [0.2, 0.25) is 0 Å². The SMILES string of the molecule is CS(=O)(=O)CCSCCNC(=O)CCC(=O)O. The minimum atomic E-state index is -2.92. The van der Waals surface area contributed by atoms with Crippen molar-refractivity contribution in [1.82, 2.24) is 5.32 Å². The number of carboxylic acids is 1. The number of nitrogens with one attached hydrogen (secondary N) is 1. The second-order valence-corrected chi connectivity index (χ2v) is 6.97. The topological polar surface area (TPSA) is 101 Å². The van der Waals surface area contributed by atoms with Crippen molar-refractivity contribution >= 4 is 33.5 Å². The molecule has 0 aromatic heterocycles. The number of amides is 1. The predicted octanol–water partition coefficient (Wildman–Crippen LogP) is -0.255. The second kappa shape index (κ2) is 8.35. The molecule has 100 valence electrons. The van der Waals surface area contributed by atoms with E-state index in [0.29, 0.717) is 18.1 Å². The number of rotatable bonds is 9. The van der Waals surface area contributed by atoms with Gasteiger partial charge in [0.25, 0.3) is 0 Å². The van der Waals surface area contributed by atoms with E-state index in [1.54, 1.807) is 0 Å². The predicted molar refractivity (Wildman–Crippen MR) is 66.9 cm³/mol. The third-order valence-electron chi connectivity index (χ3n) is 1.73. The highest BCUT2D eigenvalue weighted by molar-refractivity contribution is 8.00. The number of aliphatic carboxylic acids is 1. The molecule has 0 rings (SSSR count). The zero-order valence-corrected chi connectivity index (χ0v) is 11.3. The van der Waals surface area contributed by atoms with Gasteiger partial charge in [-0.25, -0.2) is 8.42 Å². The number of carboxylic acid groups (broad SMARTS) is 1. The smallest absolute Gasteiger partial charge is 0.303 e. The summed E-state index contributed by atoms with van der Waals surface area (Å²) in [5.41, 5.74) is 0. The zero-order valence-electron chi connectivity index (χ0n) is 9.64. The fourth-order valence-corrected chi connectivity index (χ4v) is 3.02. The monoisotopic (exact) mass is 283 g/mol.